The van der Waals surface area contributed by atoms with Crippen molar-refractivity contribution in [3.8, 4) is 11.1 Å². The highest BCUT2D eigenvalue weighted by Crippen LogP contribution is 2.37. The first kappa shape index (κ1) is 42.7. The van der Waals surface area contributed by atoms with Crippen molar-refractivity contribution in [1.82, 2.24) is 38.8 Å². The highest BCUT2D eigenvalue weighted by atomic mass is 19.3. The largest absolute Gasteiger partial charge is 0.393 e. The molecule has 61 heavy (non-hydrogen) atoms. The number of hydrogen-bond donors (Lipinski definition) is 3. The average Bonchev–Trinajstić information content (AvgIpc) is 3.75. The molecule has 5 aromatic rings. The number of aryl methyl sites for hydroxylation is 2. The van der Waals surface area contributed by atoms with Crippen LogP contribution < -0.4 is 16.3 Å². The molecule has 3 fully saturated rings. The smallest absolute Gasteiger partial charge is 0.329 e. The summed E-state index contributed by atoms with van der Waals surface area (Å²) in [5.74, 6) is -0.388. The number of ether oxygens (including phenoxy) is 1. The Morgan fingerprint density at radius 1 is 0.918 bits per heavy atom. The van der Waals surface area contributed by atoms with Gasteiger partial charge in [-0.2, -0.15) is 4.98 Å². The Balaban J connectivity index is 0.768. The van der Waals surface area contributed by atoms with Crippen LogP contribution in [0.5, 0.6) is 0 Å². The number of alkyl halides is 2. The Kier molecular flexibility index (Phi) is 13.5. The fourth-order valence-electron chi connectivity index (χ4n) is 9.14. The van der Waals surface area contributed by atoms with Gasteiger partial charge in [0.2, 0.25) is 24.2 Å². The molecule has 1 atom stereocenters. The molecule has 0 spiro atoms. The van der Waals surface area contributed by atoms with Crippen LogP contribution in [0.2, 0.25) is 0 Å². The van der Waals surface area contributed by atoms with Gasteiger partial charge in [0.1, 0.15) is 11.7 Å². The lowest BCUT2D eigenvalue weighted by Crippen LogP contribution is -2.46. The van der Waals surface area contributed by atoms with Crippen molar-refractivity contribution in [2.75, 3.05) is 57.8 Å². The van der Waals surface area contributed by atoms with Gasteiger partial charge in [0.05, 0.1) is 17.1 Å². The topological polar surface area (TPSA) is 152 Å². The number of aliphatic hydroxyl groups excluding tert-OH is 1. The molecule has 1 saturated carbocycles. The minimum absolute atomic E-state index is 0.0991. The lowest BCUT2D eigenvalue weighted by molar-refractivity contribution is -0.135. The van der Waals surface area contributed by atoms with Crippen LogP contribution in [0.4, 0.5) is 14.7 Å². The first-order chi connectivity index (χ1) is 29.6. The number of piperazine rings is 1. The summed E-state index contributed by atoms with van der Waals surface area (Å²) in [5.41, 5.74) is 6.46. The standard InChI is InChI=1S/C45H57F2N9O5/c1-52-39-26-30(7-14-37(39)56(45(52)60)38-15-16-41(58)50-43(38)59)4-2-24-61-25-3-19-53-20-22-54(23-21-53)28-31-5-8-32(9-6-31)36-29-55(33-10-12-34(57)13-11-33)42-35(36)27-49-44(51-42)48-18-17-40(46)47/h5-9,14,26-27,29,33-34,38,40,57H,2-4,10-13,15-25,28H2,1H3,(H,48,49,51)(H,50,58,59)/t33?,34?,38-/m0/s1. The number of piperidine rings is 1. The maximum atomic E-state index is 13.1. The molecule has 8 rings (SSSR count). The number of anilines is 1. The first-order valence-corrected chi connectivity index (χ1v) is 21.8. The number of nitrogens with zero attached hydrogens (tertiary/aromatic N) is 7. The number of aromatic nitrogens is 5. The molecule has 0 radical (unpaired) electrons. The number of halogens is 2. The van der Waals surface area contributed by atoms with Gasteiger partial charge in [-0.05, 0) is 80.2 Å². The summed E-state index contributed by atoms with van der Waals surface area (Å²) in [4.78, 5) is 51.5. The number of nitrogens with one attached hydrogen (secondary N) is 2. The van der Waals surface area contributed by atoms with Crippen LogP contribution >= 0.6 is 0 Å². The molecule has 14 nitrogen and oxygen atoms in total. The number of hydrogen-bond acceptors (Lipinski definition) is 10. The Morgan fingerprint density at radius 2 is 1.66 bits per heavy atom. The highest BCUT2D eigenvalue weighted by Gasteiger charge is 2.31. The number of fused-ring (bicyclic) bond motifs is 2. The van der Waals surface area contributed by atoms with Crippen molar-refractivity contribution in [3.63, 3.8) is 0 Å². The fourth-order valence-corrected chi connectivity index (χ4v) is 9.14. The van der Waals surface area contributed by atoms with Crippen molar-refractivity contribution in [3.05, 3.63) is 76.5 Å². The Hall–Kier alpha value is -5.03. The lowest BCUT2D eigenvalue weighted by Gasteiger charge is -2.34. The SMILES string of the molecule is Cn1c(=O)n([C@H]2CCC(=O)NC2=O)c2ccc(CCCOCCCN3CCN(Cc4ccc(-c5cn(C6CCC(O)CC6)c6nc(NCCC(F)F)ncc56)cc4)CC3)cc21. The Labute approximate surface area is 353 Å². The predicted molar refractivity (Wildman–Crippen MR) is 230 cm³/mol. The maximum Gasteiger partial charge on any atom is 0.329 e. The summed E-state index contributed by atoms with van der Waals surface area (Å²) in [6.07, 6.45) is 7.38. The zero-order valence-corrected chi connectivity index (χ0v) is 34.9. The van der Waals surface area contributed by atoms with Gasteiger partial charge in [-0.3, -0.25) is 28.9 Å². The van der Waals surface area contributed by atoms with E-state index in [1.165, 1.54) is 10.1 Å². The van der Waals surface area contributed by atoms with Crippen LogP contribution in [0.1, 0.15) is 81.0 Å². The van der Waals surface area contributed by atoms with Gasteiger partial charge in [-0.15, -0.1) is 0 Å². The molecule has 2 aromatic carbocycles. The van der Waals surface area contributed by atoms with Crippen molar-refractivity contribution in [2.24, 2.45) is 7.05 Å². The summed E-state index contributed by atoms with van der Waals surface area (Å²) < 4.78 is 36.8. The number of rotatable bonds is 17. The molecule has 2 amide bonds. The van der Waals surface area contributed by atoms with Crippen molar-refractivity contribution < 1.29 is 28.2 Å². The summed E-state index contributed by atoms with van der Waals surface area (Å²) in [7, 11) is 1.71. The third-order valence-electron chi connectivity index (χ3n) is 12.6. The number of carbonyl (C=O) groups excluding carboxylic acids is 2. The van der Waals surface area contributed by atoms with Gasteiger partial charge in [0.15, 0.2) is 0 Å². The van der Waals surface area contributed by atoms with Gasteiger partial charge < -0.3 is 24.6 Å². The number of imide groups is 1. The molecule has 5 heterocycles. The minimum Gasteiger partial charge on any atom is -0.393 e. The van der Waals surface area contributed by atoms with Crippen LogP contribution in [0.15, 0.2) is 59.7 Å². The minimum atomic E-state index is -2.39. The second-order valence-electron chi connectivity index (χ2n) is 16.8. The first-order valence-electron chi connectivity index (χ1n) is 21.8. The van der Waals surface area contributed by atoms with Crippen LogP contribution in [0, 0.1) is 0 Å². The van der Waals surface area contributed by atoms with Gasteiger partial charge in [0, 0.05) is 108 Å². The molecule has 2 aliphatic heterocycles. The molecule has 3 aliphatic rings. The van der Waals surface area contributed by atoms with E-state index in [-0.39, 0.29) is 43.1 Å². The van der Waals surface area contributed by atoms with E-state index < -0.39 is 18.4 Å². The zero-order valence-electron chi connectivity index (χ0n) is 34.9. The molecule has 2 saturated heterocycles. The van der Waals surface area contributed by atoms with Crippen LogP contribution in [0.25, 0.3) is 33.2 Å². The van der Waals surface area contributed by atoms with Crippen LogP contribution in [-0.2, 0) is 34.3 Å². The second-order valence-corrected chi connectivity index (χ2v) is 16.8. The Morgan fingerprint density at radius 3 is 2.41 bits per heavy atom. The van der Waals surface area contributed by atoms with Crippen LogP contribution in [0.3, 0.4) is 0 Å². The van der Waals surface area contributed by atoms with E-state index in [1.54, 1.807) is 17.8 Å². The number of aliphatic hydroxyl groups is 1. The molecule has 3 aromatic heterocycles. The van der Waals surface area contributed by atoms with Crippen molar-refractivity contribution in [1.29, 1.82) is 0 Å². The van der Waals surface area contributed by atoms with E-state index in [9.17, 15) is 28.3 Å². The fraction of sp³-hybridized carbons (Fsp3) is 0.533. The van der Waals surface area contributed by atoms with Gasteiger partial charge >= 0.3 is 5.69 Å². The maximum absolute atomic E-state index is 13.1. The summed E-state index contributed by atoms with van der Waals surface area (Å²) in [5, 5.41) is 16.4. The zero-order chi connectivity index (χ0) is 42.5. The molecular formula is C45H57F2N9O5. The van der Waals surface area contributed by atoms with E-state index >= 15 is 0 Å². The number of amides is 2. The van der Waals surface area contributed by atoms with Crippen molar-refractivity contribution in [2.45, 2.75) is 95.4 Å². The highest BCUT2D eigenvalue weighted by molar-refractivity contribution is 6.00. The Bertz CT molecular complexity index is 2360. The van der Waals surface area contributed by atoms with E-state index in [2.05, 4.69) is 60.4 Å². The van der Waals surface area contributed by atoms with Gasteiger partial charge in [-0.25, -0.2) is 18.6 Å². The van der Waals surface area contributed by atoms with Crippen molar-refractivity contribution >= 4 is 39.8 Å². The van der Waals surface area contributed by atoms with Gasteiger partial charge in [-0.1, -0.05) is 30.3 Å². The summed E-state index contributed by atoms with van der Waals surface area (Å²) in [6, 6.07) is 14.1. The normalized spacial score (nSPS) is 20.6. The van der Waals surface area contributed by atoms with E-state index in [0.29, 0.717) is 31.1 Å². The molecule has 326 valence electrons. The number of imidazole rings is 1. The van der Waals surface area contributed by atoms with Gasteiger partial charge in [0.25, 0.3) is 0 Å². The lowest BCUT2D eigenvalue weighted by atomic mass is 9.93. The third-order valence-corrected chi connectivity index (χ3v) is 12.6. The molecular weight excluding hydrogens is 785 g/mol. The second kappa shape index (κ2) is 19.3. The average molecular weight is 842 g/mol. The molecule has 16 heteroatoms. The monoisotopic (exact) mass is 841 g/mol. The summed E-state index contributed by atoms with van der Waals surface area (Å²) >= 11 is 0. The number of benzene rings is 2. The predicted octanol–water partition coefficient (Wildman–Crippen LogP) is 5.43. The molecule has 0 unspecified atom stereocenters. The summed E-state index contributed by atoms with van der Waals surface area (Å²) in [6.45, 7) is 7.40. The number of carbonyl (C=O) groups is 2. The van der Waals surface area contributed by atoms with E-state index in [0.717, 1.165) is 117 Å². The van der Waals surface area contributed by atoms with E-state index in [4.69, 9.17) is 9.72 Å². The quantitative estimate of drug-likeness (QED) is 0.0817. The molecule has 1 aliphatic carbocycles. The van der Waals surface area contributed by atoms with E-state index in [1.807, 2.05) is 18.2 Å². The molecule has 0 bridgehead atoms. The molecule has 3 N–H and O–H groups in total. The van der Waals surface area contributed by atoms with Crippen LogP contribution in [-0.4, -0.2) is 115 Å². The third kappa shape index (κ3) is 10.0.